The molecule has 25 heavy (non-hydrogen) atoms. The monoisotopic (exact) mass is 390 g/mol. The fourth-order valence-corrected chi connectivity index (χ4v) is 4.84. The highest BCUT2D eigenvalue weighted by Crippen LogP contribution is 2.48. The van der Waals surface area contributed by atoms with Crippen molar-refractivity contribution in [2.45, 2.75) is 37.8 Å². The SMILES string of the molecule is Cl.Cl.Cn1cc(C2(C)CN(C(=O)C3C4CCC(C4)C3N)CCO2)cn1. The molecular formula is C17H28Cl2N4O2. The van der Waals surface area contributed by atoms with Crippen molar-refractivity contribution in [2.24, 2.45) is 30.5 Å². The van der Waals surface area contributed by atoms with E-state index in [1.165, 1.54) is 12.8 Å². The number of nitrogens with two attached hydrogens (primary N) is 1. The second kappa shape index (κ2) is 7.43. The lowest BCUT2D eigenvalue weighted by molar-refractivity contribution is -0.155. The Labute approximate surface area is 161 Å². The molecule has 2 aliphatic carbocycles. The maximum atomic E-state index is 13.1. The Kier molecular flexibility index (Phi) is 6.09. The molecule has 2 N–H and O–H groups in total. The van der Waals surface area contributed by atoms with Crippen LogP contribution in [0.1, 0.15) is 31.7 Å². The van der Waals surface area contributed by atoms with Crippen molar-refractivity contribution >= 4 is 30.7 Å². The molecule has 1 aliphatic heterocycles. The topological polar surface area (TPSA) is 73.4 Å². The third kappa shape index (κ3) is 3.42. The molecule has 6 nitrogen and oxygen atoms in total. The predicted molar refractivity (Wildman–Crippen MR) is 99.9 cm³/mol. The van der Waals surface area contributed by atoms with Crippen LogP contribution in [0.5, 0.6) is 0 Å². The summed E-state index contributed by atoms with van der Waals surface area (Å²) in [6.45, 7) is 3.85. The molecule has 1 aromatic rings. The number of carbonyl (C=O) groups is 1. The van der Waals surface area contributed by atoms with Gasteiger partial charge in [-0.05, 0) is 38.0 Å². The van der Waals surface area contributed by atoms with E-state index in [0.29, 0.717) is 31.5 Å². The van der Waals surface area contributed by atoms with Crippen molar-refractivity contribution in [3.05, 3.63) is 18.0 Å². The maximum absolute atomic E-state index is 13.1. The van der Waals surface area contributed by atoms with Crippen molar-refractivity contribution in [3.63, 3.8) is 0 Å². The van der Waals surface area contributed by atoms with Gasteiger partial charge in [0.05, 0.1) is 25.3 Å². The van der Waals surface area contributed by atoms with E-state index in [9.17, 15) is 4.79 Å². The lowest BCUT2D eigenvalue weighted by Gasteiger charge is -2.42. The minimum atomic E-state index is -0.482. The van der Waals surface area contributed by atoms with E-state index < -0.39 is 5.60 Å². The molecule has 0 radical (unpaired) electrons. The normalized spacial score (nSPS) is 36.7. The molecule has 2 saturated carbocycles. The first-order valence-corrected chi connectivity index (χ1v) is 8.65. The van der Waals surface area contributed by atoms with Gasteiger partial charge >= 0.3 is 0 Å². The number of aromatic nitrogens is 2. The summed E-state index contributed by atoms with van der Waals surface area (Å²) in [6.07, 6.45) is 7.31. The number of hydrogen-bond donors (Lipinski definition) is 1. The lowest BCUT2D eigenvalue weighted by Crippen LogP contribution is -2.55. The van der Waals surface area contributed by atoms with Crippen molar-refractivity contribution in [1.82, 2.24) is 14.7 Å². The smallest absolute Gasteiger partial charge is 0.227 e. The molecule has 5 atom stereocenters. The summed E-state index contributed by atoms with van der Waals surface area (Å²) in [7, 11) is 1.90. The second-order valence-corrected chi connectivity index (χ2v) is 7.68. The van der Waals surface area contributed by atoms with E-state index in [0.717, 1.165) is 12.0 Å². The minimum absolute atomic E-state index is 0. The average Bonchev–Trinajstić information content (AvgIpc) is 3.22. The van der Waals surface area contributed by atoms with Crippen molar-refractivity contribution in [2.75, 3.05) is 19.7 Å². The average molecular weight is 391 g/mol. The van der Waals surface area contributed by atoms with Gasteiger partial charge in [0.25, 0.3) is 0 Å². The number of hydrogen-bond acceptors (Lipinski definition) is 4. The van der Waals surface area contributed by atoms with Crippen LogP contribution in [-0.2, 0) is 22.2 Å². The zero-order valence-electron chi connectivity index (χ0n) is 14.8. The van der Waals surface area contributed by atoms with Crippen LogP contribution in [0.4, 0.5) is 0 Å². The highest BCUT2D eigenvalue weighted by molar-refractivity contribution is 5.85. The largest absolute Gasteiger partial charge is 0.367 e. The van der Waals surface area contributed by atoms with Crippen molar-refractivity contribution < 1.29 is 9.53 Å². The van der Waals surface area contributed by atoms with Gasteiger partial charge in [-0.1, -0.05) is 0 Å². The van der Waals surface area contributed by atoms with Gasteiger partial charge < -0.3 is 15.4 Å². The van der Waals surface area contributed by atoms with Gasteiger partial charge in [-0.25, -0.2) is 0 Å². The molecule has 5 unspecified atom stereocenters. The molecule has 1 saturated heterocycles. The third-order valence-electron chi connectivity index (χ3n) is 6.17. The summed E-state index contributed by atoms with van der Waals surface area (Å²) in [5, 5.41) is 4.24. The highest BCUT2D eigenvalue weighted by Gasteiger charge is 2.51. The zero-order valence-corrected chi connectivity index (χ0v) is 16.4. The van der Waals surface area contributed by atoms with Crippen molar-refractivity contribution in [3.8, 4) is 0 Å². The number of carbonyl (C=O) groups excluding carboxylic acids is 1. The molecule has 0 spiro atoms. The molecule has 2 bridgehead atoms. The number of morpholine rings is 1. The van der Waals surface area contributed by atoms with Gasteiger partial charge in [0, 0.05) is 31.4 Å². The van der Waals surface area contributed by atoms with Crippen LogP contribution < -0.4 is 5.73 Å². The lowest BCUT2D eigenvalue weighted by atomic mass is 9.83. The first-order chi connectivity index (χ1) is 11.0. The van der Waals surface area contributed by atoms with Gasteiger partial charge in [0.1, 0.15) is 5.60 Å². The Bertz CT molecular complexity index is 624. The summed E-state index contributed by atoms with van der Waals surface area (Å²) in [5.41, 5.74) is 6.90. The standard InChI is InChI=1S/C17H26N4O2.2ClH/c1-17(13-8-19-20(2)9-13)10-21(5-6-23-17)16(22)14-11-3-4-12(7-11)15(14)18;;/h8-9,11-12,14-15H,3-7,10,18H2,1-2H3;2*1H. The van der Waals surface area contributed by atoms with Gasteiger partial charge in [-0.15, -0.1) is 24.8 Å². The van der Waals surface area contributed by atoms with Crippen LogP contribution in [0.2, 0.25) is 0 Å². The Morgan fingerprint density at radius 2 is 2.08 bits per heavy atom. The highest BCUT2D eigenvalue weighted by atomic mass is 35.5. The Morgan fingerprint density at radius 1 is 1.36 bits per heavy atom. The number of aryl methyl sites for hydroxylation is 1. The Hall–Kier alpha value is -0.820. The van der Waals surface area contributed by atoms with Crippen molar-refractivity contribution in [1.29, 1.82) is 0 Å². The fraction of sp³-hybridized carbons (Fsp3) is 0.765. The Balaban J connectivity index is 0.00000113. The maximum Gasteiger partial charge on any atom is 0.227 e. The summed E-state index contributed by atoms with van der Waals surface area (Å²) in [6, 6.07) is 0.0498. The van der Waals surface area contributed by atoms with E-state index in [2.05, 4.69) is 5.10 Å². The van der Waals surface area contributed by atoms with E-state index in [1.54, 1.807) is 4.68 Å². The molecule has 4 rings (SSSR count). The molecule has 1 amide bonds. The van der Waals surface area contributed by atoms with Crippen LogP contribution in [-0.4, -0.2) is 46.3 Å². The van der Waals surface area contributed by atoms with Crippen LogP contribution >= 0.6 is 24.8 Å². The van der Waals surface area contributed by atoms with Gasteiger partial charge in [-0.3, -0.25) is 9.48 Å². The molecule has 0 aromatic carbocycles. The molecule has 1 aromatic heterocycles. The summed E-state index contributed by atoms with van der Waals surface area (Å²) < 4.78 is 7.79. The van der Waals surface area contributed by atoms with Crippen LogP contribution in [0.15, 0.2) is 12.4 Å². The molecule has 142 valence electrons. The van der Waals surface area contributed by atoms with E-state index >= 15 is 0 Å². The molecule has 3 fully saturated rings. The summed E-state index contributed by atoms with van der Waals surface area (Å²) >= 11 is 0. The first-order valence-electron chi connectivity index (χ1n) is 8.65. The molecular weight excluding hydrogens is 363 g/mol. The van der Waals surface area contributed by atoms with E-state index in [-0.39, 0.29) is 42.7 Å². The number of nitrogens with zero attached hydrogens (tertiary/aromatic N) is 3. The fourth-order valence-electron chi connectivity index (χ4n) is 4.84. The van der Waals surface area contributed by atoms with Crippen LogP contribution in [0.25, 0.3) is 0 Å². The van der Waals surface area contributed by atoms with Gasteiger partial charge in [0.15, 0.2) is 0 Å². The summed E-state index contributed by atoms with van der Waals surface area (Å²) in [4.78, 5) is 15.1. The zero-order chi connectivity index (χ0) is 16.2. The van der Waals surface area contributed by atoms with Gasteiger partial charge in [-0.2, -0.15) is 5.10 Å². The molecule has 3 aliphatic rings. The van der Waals surface area contributed by atoms with Gasteiger partial charge in [0.2, 0.25) is 5.91 Å². The van der Waals surface area contributed by atoms with Crippen LogP contribution in [0.3, 0.4) is 0 Å². The number of halogens is 2. The first kappa shape index (κ1) is 20.5. The van der Waals surface area contributed by atoms with E-state index in [4.69, 9.17) is 10.5 Å². The predicted octanol–water partition coefficient (Wildman–Crippen LogP) is 1.71. The number of rotatable bonds is 2. The quantitative estimate of drug-likeness (QED) is 0.833. The van der Waals surface area contributed by atoms with Crippen LogP contribution in [0, 0.1) is 17.8 Å². The number of amides is 1. The Morgan fingerprint density at radius 3 is 2.68 bits per heavy atom. The second-order valence-electron chi connectivity index (χ2n) is 7.68. The molecule has 8 heteroatoms. The molecule has 2 heterocycles. The summed E-state index contributed by atoms with van der Waals surface area (Å²) in [5.74, 6) is 1.31. The third-order valence-corrected chi connectivity index (χ3v) is 6.17. The number of ether oxygens (including phenoxy) is 1. The number of fused-ring (bicyclic) bond motifs is 2. The van der Waals surface area contributed by atoms with E-state index in [1.807, 2.05) is 31.3 Å². The minimum Gasteiger partial charge on any atom is -0.367 e.